The molecule has 0 spiro atoms. The number of hydrogen-bond donors (Lipinski definition) is 1. The zero-order valence-corrected chi connectivity index (χ0v) is 12.9. The highest BCUT2D eigenvalue weighted by atomic mass is 79.9. The summed E-state index contributed by atoms with van der Waals surface area (Å²) in [4.78, 5) is 4.51. The van der Waals surface area contributed by atoms with E-state index in [0.717, 1.165) is 27.6 Å². The van der Waals surface area contributed by atoms with E-state index in [2.05, 4.69) is 26.1 Å². The molecule has 3 rings (SSSR count). The van der Waals surface area contributed by atoms with E-state index < -0.39 is 0 Å². The summed E-state index contributed by atoms with van der Waals surface area (Å²) in [7, 11) is 0. The van der Waals surface area contributed by atoms with Crippen molar-refractivity contribution < 1.29 is 4.52 Å². The molecule has 0 amide bonds. The Morgan fingerprint density at radius 3 is 2.48 bits per heavy atom. The van der Waals surface area contributed by atoms with Crippen LogP contribution in [-0.2, 0) is 6.42 Å². The second-order valence-corrected chi connectivity index (χ2v) is 5.45. The van der Waals surface area contributed by atoms with Crippen LogP contribution in [0.15, 0.2) is 57.5 Å². The zero-order chi connectivity index (χ0) is 14.7. The molecule has 0 fully saturated rings. The molecule has 0 aliphatic carbocycles. The lowest BCUT2D eigenvalue weighted by Gasteiger charge is -2.03. The van der Waals surface area contributed by atoms with Crippen LogP contribution in [0.2, 0.25) is 0 Å². The van der Waals surface area contributed by atoms with Crippen molar-refractivity contribution in [1.29, 1.82) is 0 Å². The molecule has 106 valence electrons. The lowest BCUT2D eigenvalue weighted by atomic mass is 10.0. The summed E-state index contributed by atoms with van der Waals surface area (Å²) >= 11 is 3.50. The van der Waals surface area contributed by atoms with Gasteiger partial charge >= 0.3 is 0 Å². The van der Waals surface area contributed by atoms with Crippen LogP contribution in [0.3, 0.4) is 0 Å². The third kappa shape index (κ3) is 2.89. The van der Waals surface area contributed by atoms with Crippen molar-refractivity contribution in [2.75, 3.05) is 6.54 Å². The molecular weight excluding hydrogens is 330 g/mol. The molecule has 0 radical (unpaired) electrons. The summed E-state index contributed by atoms with van der Waals surface area (Å²) < 4.78 is 6.36. The van der Waals surface area contributed by atoms with Crippen molar-refractivity contribution in [2.45, 2.75) is 6.42 Å². The molecule has 0 atom stereocenters. The van der Waals surface area contributed by atoms with Gasteiger partial charge in [-0.25, -0.2) is 0 Å². The predicted molar refractivity (Wildman–Crippen MR) is 85.6 cm³/mol. The molecule has 3 aromatic rings. The minimum absolute atomic E-state index is 0.518. The van der Waals surface area contributed by atoms with Crippen LogP contribution in [0.1, 0.15) is 5.56 Å². The van der Waals surface area contributed by atoms with Gasteiger partial charge in [0, 0.05) is 15.6 Å². The van der Waals surface area contributed by atoms with Crippen molar-refractivity contribution in [2.24, 2.45) is 5.73 Å². The maximum Gasteiger partial charge on any atom is 0.258 e. The lowest BCUT2D eigenvalue weighted by molar-refractivity contribution is 0.432. The topological polar surface area (TPSA) is 64.9 Å². The summed E-state index contributed by atoms with van der Waals surface area (Å²) in [6, 6.07) is 15.7. The van der Waals surface area contributed by atoms with Gasteiger partial charge in [0.05, 0.1) is 0 Å². The van der Waals surface area contributed by atoms with Crippen LogP contribution < -0.4 is 5.73 Å². The minimum atomic E-state index is 0.518. The molecule has 0 aliphatic rings. The van der Waals surface area contributed by atoms with E-state index in [1.54, 1.807) is 0 Å². The van der Waals surface area contributed by atoms with E-state index in [1.807, 2.05) is 48.5 Å². The highest BCUT2D eigenvalue weighted by Gasteiger charge is 2.14. The molecule has 21 heavy (non-hydrogen) atoms. The molecule has 0 aliphatic heterocycles. The molecule has 4 nitrogen and oxygen atoms in total. The third-order valence-corrected chi connectivity index (χ3v) is 3.89. The Balaban J connectivity index is 2.01. The van der Waals surface area contributed by atoms with Gasteiger partial charge in [-0.2, -0.15) is 4.98 Å². The van der Waals surface area contributed by atoms with E-state index in [4.69, 9.17) is 10.3 Å². The molecule has 2 aromatic carbocycles. The van der Waals surface area contributed by atoms with Crippen LogP contribution in [0.4, 0.5) is 0 Å². The third-order valence-electron chi connectivity index (χ3n) is 3.20. The molecule has 0 bridgehead atoms. The fourth-order valence-corrected chi connectivity index (χ4v) is 2.65. The normalized spacial score (nSPS) is 10.8. The van der Waals surface area contributed by atoms with Gasteiger partial charge < -0.3 is 10.3 Å². The number of hydrogen-bond acceptors (Lipinski definition) is 4. The van der Waals surface area contributed by atoms with E-state index in [0.29, 0.717) is 18.3 Å². The van der Waals surface area contributed by atoms with Crippen LogP contribution in [0.25, 0.3) is 22.8 Å². The van der Waals surface area contributed by atoms with Crippen LogP contribution in [0, 0.1) is 0 Å². The number of nitrogens with zero attached hydrogens (tertiary/aromatic N) is 2. The summed E-state index contributed by atoms with van der Waals surface area (Å²) in [5.74, 6) is 1.09. The fourth-order valence-electron chi connectivity index (χ4n) is 2.19. The standard InChI is InChI=1S/C16H14BrN3O/c17-14-8-4-3-7-13(14)15-19-16(21-20-15)12-6-2-1-5-11(12)9-10-18/h1-8H,9-10,18H2. The Morgan fingerprint density at radius 1 is 1.00 bits per heavy atom. The van der Waals surface area contributed by atoms with Gasteiger partial charge in [-0.1, -0.05) is 51.4 Å². The predicted octanol–water partition coefficient (Wildman–Crippen LogP) is 3.67. The Kier molecular flexibility index (Phi) is 4.13. The number of nitrogens with two attached hydrogens (primary N) is 1. The van der Waals surface area contributed by atoms with Crippen LogP contribution in [-0.4, -0.2) is 16.7 Å². The Bertz CT molecular complexity index is 755. The molecule has 0 saturated carbocycles. The average Bonchev–Trinajstić information content (AvgIpc) is 2.98. The van der Waals surface area contributed by atoms with Crippen molar-refractivity contribution in [1.82, 2.24) is 10.1 Å². The molecule has 1 heterocycles. The molecule has 5 heteroatoms. The lowest BCUT2D eigenvalue weighted by Crippen LogP contribution is -2.03. The van der Waals surface area contributed by atoms with Crippen LogP contribution in [0.5, 0.6) is 0 Å². The van der Waals surface area contributed by atoms with Gasteiger partial charge in [-0.3, -0.25) is 0 Å². The maximum absolute atomic E-state index is 5.65. The summed E-state index contributed by atoms with van der Waals surface area (Å²) in [6.45, 7) is 0.586. The fraction of sp³-hybridized carbons (Fsp3) is 0.125. The first kappa shape index (κ1) is 14.0. The number of aromatic nitrogens is 2. The first-order valence-electron chi connectivity index (χ1n) is 6.66. The molecular formula is C16H14BrN3O. The summed E-state index contributed by atoms with van der Waals surface area (Å²) in [6.07, 6.45) is 0.781. The maximum atomic E-state index is 5.65. The van der Waals surface area contributed by atoms with E-state index in [9.17, 15) is 0 Å². The van der Waals surface area contributed by atoms with E-state index in [1.165, 1.54) is 0 Å². The second kappa shape index (κ2) is 6.20. The molecule has 2 N–H and O–H groups in total. The van der Waals surface area contributed by atoms with Gasteiger partial charge in [0.25, 0.3) is 5.89 Å². The summed E-state index contributed by atoms with van der Waals surface area (Å²) in [5.41, 5.74) is 8.61. The average molecular weight is 344 g/mol. The first-order valence-corrected chi connectivity index (χ1v) is 7.46. The monoisotopic (exact) mass is 343 g/mol. The van der Waals surface area contributed by atoms with Crippen molar-refractivity contribution in [3.05, 3.63) is 58.6 Å². The number of halogens is 1. The van der Waals surface area contributed by atoms with Crippen molar-refractivity contribution in [3.8, 4) is 22.8 Å². The molecule has 1 aromatic heterocycles. The van der Waals surface area contributed by atoms with Crippen molar-refractivity contribution >= 4 is 15.9 Å². The molecule has 0 unspecified atom stereocenters. The largest absolute Gasteiger partial charge is 0.334 e. The smallest absolute Gasteiger partial charge is 0.258 e. The van der Waals surface area contributed by atoms with Crippen LogP contribution >= 0.6 is 15.9 Å². The Labute approximate surface area is 131 Å². The molecule has 0 saturated heterocycles. The van der Waals surface area contributed by atoms with Gasteiger partial charge in [-0.15, -0.1) is 0 Å². The van der Waals surface area contributed by atoms with Gasteiger partial charge in [-0.05, 0) is 36.7 Å². The number of benzene rings is 2. The van der Waals surface area contributed by atoms with E-state index >= 15 is 0 Å². The highest BCUT2D eigenvalue weighted by molar-refractivity contribution is 9.10. The Morgan fingerprint density at radius 2 is 1.71 bits per heavy atom. The summed E-state index contributed by atoms with van der Waals surface area (Å²) in [5, 5.41) is 4.08. The van der Waals surface area contributed by atoms with Gasteiger partial charge in [0.15, 0.2) is 0 Å². The second-order valence-electron chi connectivity index (χ2n) is 4.60. The van der Waals surface area contributed by atoms with Gasteiger partial charge in [0.2, 0.25) is 5.82 Å². The SMILES string of the molecule is NCCc1ccccc1-c1nc(-c2ccccc2Br)no1. The van der Waals surface area contributed by atoms with E-state index in [-0.39, 0.29) is 0 Å². The first-order chi connectivity index (χ1) is 10.3. The Hall–Kier alpha value is -1.98. The number of rotatable bonds is 4. The van der Waals surface area contributed by atoms with Crippen molar-refractivity contribution in [3.63, 3.8) is 0 Å². The minimum Gasteiger partial charge on any atom is -0.334 e. The quantitative estimate of drug-likeness (QED) is 0.784. The highest BCUT2D eigenvalue weighted by Crippen LogP contribution is 2.29. The zero-order valence-electron chi connectivity index (χ0n) is 11.3. The van der Waals surface area contributed by atoms with Gasteiger partial charge in [0.1, 0.15) is 0 Å².